The van der Waals surface area contributed by atoms with E-state index in [-0.39, 0.29) is 5.91 Å². The van der Waals surface area contributed by atoms with Crippen molar-refractivity contribution >= 4 is 23.5 Å². The topological polar surface area (TPSA) is 52.6 Å². The monoisotopic (exact) mass is 339 g/mol. The van der Waals surface area contributed by atoms with Crippen molar-refractivity contribution in [2.75, 3.05) is 45.2 Å². The van der Waals surface area contributed by atoms with Crippen LogP contribution in [-0.2, 0) is 0 Å². The molecule has 23 heavy (non-hydrogen) atoms. The maximum atomic E-state index is 12.8. The van der Waals surface area contributed by atoms with Crippen LogP contribution in [0.3, 0.4) is 0 Å². The molecule has 1 saturated heterocycles. The van der Waals surface area contributed by atoms with Crippen molar-refractivity contribution in [3.63, 3.8) is 0 Å². The van der Waals surface area contributed by atoms with Crippen LogP contribution in [0.1, 0.15) is 31.3 Å². The van der Waals surface area contributed by atoms with E-state index in [1.165, 1.54) is 6.20 Å². The zero-order valence-corrected chi connectivity index (χ0v) is 15.3. The number of hydrogen-bond acceptors (Lipinski definition) is 5. The number of hydrogen-bond donors (Lipinski definition) is 0. The van der Waals surface area contributed by atoms with Crippen molar-refractivity contribution in [1.82, 2.24) is 19.8 Å². The molecule has 1 aromatic heterocycles. The fourth-order valence-electron chi connectivity index (χ4n) is 3.10. The van der Waals surface area contributed by atoms with Gasteiger partial charge in [0.25, 0.3) is 5.91 Å². The van der Waals surface area contributed by atoms with Gasteiger partial charge in [-0.1, -0.05) is 18.5 Å². The number of carbonyl (C=O) groups excluding carboxylic acids is 1. The van der Waals surface area contributed by atoms with Gasteiger partial charge in [0.1, 0.15) is 0 Å². The average molecular weight is 340 g/mol. The summed E-state index contributed by atoms with van der Waals surface area (Å²) in [7, 11) is 4.09. The molecular formula is C16H26ClN5O. The third kappa shape index (κ3) is 3.75. The molecule has 0 spiro atoms. The van der Waals surface area contributed by atoms with E-state index >= 15 is 0 Å². The summed E-state index contributed by atoms with van der Waals surface area (Å²) in [6, 6.07) is 0.363. The number of aromatic nitrogens is 2. The van der Waals surface area contributed by atoms with Gasteiger partial charge in [0.2, 0.25) is 5.95 Å². The molecule has 1 aliphatic rings. The largest absolute Gasteiger partial charge is 0.341 e. The number of likely N-dealkylation sites (tertiary alicyclic amines) is 1. The van der Waals surface area contributed by atoms with Gasteiger partial charge < -0.3 is 14.7 Å². The summed E-state index contributed by atoms with van der Waals surface area (Å²) in [5.74, 6) is 0.873. The maximum Gasteiger partial charge on any atom is 0.274 e. The molecule has 2 heterocycles. The summed E-state index contributed by atoms with van der Waals surface area (Å²) in [6.45, 7) is 9.24. The summed E-state index contributed by atoms with van der Waals surface area (Å²) in [5.41, 5.74) is 0.301. The summed E-state index contributed by atoms with van der Waals surface area (Å²) >= 11 is 6.19. The zero-order valence-electron chi connectivity index (χ0n) is 14.6. The van der Waals surface area contributed by atoms with Gasteiger partial charge in [-0.2, -0.15) is 0 Å². The number of halogens is 1. The van der Waals surface area contributed by atoms with Crippen LogP contribution in [0.4, 0.5) is 5.95 Å². The Labute approximate surface area is 143 Å². The number of carbonyl (C=O) groups is 1. The van der Waals surface area contributed by atoms with Crippen LogP contribution < -0.4 is 4.90 Å². The number of anilines is 1. The Morgan fingerprint density at radius 2 is 2.00 bits per heavy atom. The molecule has 2 rings (SSSR count). The van der Waals surface area contributed by atoms with Crippen molar-refractivity contribution in [2.24, 2.45) is 5.92 Å². The molecule has 0 unspecified atom stereocenters. The first-order valence-electron chi connectivity index (χ1n) is 8.12. The van der Waals surface area contributed by atoms with Gasteiger partial charge in [-0.25, -0.2) is 9.97 Å². The summed E-state index contributed by atoms with van der Waals surface area (Å²) in [4.78, 5) is 27.5. The lowest BCUT2D eigenvalue weighted by Crippen LogP contribution is -2.36. The van der Waals surface area contributed by atoms with Crippen LogP contribution >= 0.6 is 11.6 Å². The Morgan fingerprint density at radius 1 is 1.35 bits per heavy atom. The van der Waals surface area contributed by atoms with Crippen LogP contribution in [0.15, 0.2) is 6.20 Å². The van der Waals surface area contributed by atoms with Crippen molar-refractivity contribution in [2.45, 2.75) is 26.8 Å². The minimum Gasteiger partial charge on any atom is -0.341 e. The standard InChI is InChI=1S/C16H26ClN5O/c1-6-21(7-2)16-18-8-12(17)14(19-16)15(23)22-9-11(3)13(10-22)20(4)5/h8,11,13H,6-7,9-10H2,1-5H3/t11-,13+/m1/s1. The van der Waals surface area contributed by atoms with E-state index in [1.807, 2.05) is 37.7 Å². The average Bonchev–Trinajstić information content (AvgIpc) is 2.91. The molecule has 0 N–H and O–H groups in total. The molecule has 2 atom stereocenters. The molecule has 0 saturated carbocycles. The number of likely N-dealkylation sites (N-methyl/N-ethyl adjacent to an activating group) is 1. The van der Waals surface area contributed by atoms with Crippen molar-refractivity contribution in [1.29, 1.82) is 0 Å². The quantitative estimate of drug-likeness (QED) is 0.821. The van der Waals surface area contributed by atoms with E-state index in [2.05, 4.69) is 21.8 Å². The zero-order chi connectivity index (χ0) is 17.1. The predicted molar refractivity (Wildman–Crippen MR) is 93.1 cm³/mol. The van der Waals surface area contributed by atoms with Crippen LogP contribution in [-0.4, -0.2) is 72.0 Å². The van der Waals surface area contributed by atoms with E-state index in [1.54, 1.807) is 0 Å². The molecule has 0 aliphatic carbocycles. The molecule has 1 amide bonds. The molecule has 1 fully saturated rings. The fourth-order valence-corrected chi connectivity index (χ4v) is 3.28. The van der Waals surface area contributed by atoms with Gasteiger partial charge in [0, 0.05) is 32.2 Å². The SMILES string of the molecule is CCN(CC)c1ncc(Cl)c(C(=O)N2C[C@@H](C)[C@@H](N(C)C)C2)n1. The minimum atomic E-state index is -0.109. The lowest BCUT2D eigenvalue weighted by Gasteiger charge is -2.23. The summed E-state index contributed by atoms with van der Waals surface area (Å²) in [6.07, 6.45) is 1.53. The first-order chi connectivity index (χ1) is 10.9. The van der Waals surface area contributed by atoms with Gasteiger partial charge in [0.15, 0.2) is 5.69 Å². The second kappa shape index (κ2) is 7.45. The Bertz CT molecular complexity index is 561. The van der Waals surface area contributed by atoms with E-state index in [0.717, 1.165) is 19.6 Å². The summed E-state index contributed by atoms with van der Waals surface area (Å²) in [5, 5.41) is 0.312. The van der Waals surface area contributed by atoms with Crippen LogP contribution in [0, 0.1) is 5.92 Å². The normalized spacial score (nSPS) is 21.1. The van der Waals surface area contributed by atoms with Crippen molar-refractivity contribution in [3.8, 4) is 0 Å². The van der Waals surface area contributed by atoms with E-state index in [0.29, 0.717) is 35.2 Å². The Balaban J connectivity index is 2.24. The highest BCUT2D eigenvalue weighted by Gasteiger charge is 2.35. The second-order valence-corrected chi connectivity index (χ2v) is 6.66. The smallest absolute Gasteiger partial charge is 0.274 e. The third-order valence-electron chi connectivity index (χ3n) is 4.50. The molecule has 1 aromatic rings. The van der Waals surface area contributed by atoms with Crippen LogP contribution in [0.2, 0.25) is 5.02 Å². The highest BCUT2D eigenvalue weighted by molar-refractivity contribution is 6.33. The number of amides is 1. The van der Waals surface area contributed by atoms with Crippen molar-refractivity contribution < 1.29 is 4.79 Å². The van der Waals surface area contributed by atoms with E-state index in [4.69, 9.17) is 11.6 Å². The van der Waals surface area contributed by atoms with Gasteiger partial charge in [-0.15, -0.1) is 0 Å². The summed E-state index contributed by atoms with van der Waals surface area (Å²) < 4.78 is 0. The first kappa shape index (κ1) is 17.9. The van der Waals surface area contributed by atoms with Gasteiger partial charge in [-0.05, 0) is 33.9 Å². The Morgan fingerprint density at radius 3 is 2.52 bits per heavy atom. The highest BCUT2D eigenvalue weighted by atomic mass is 35.5. The number of nitrogens with zero attached hydrogens (tertiary/aromatic N) is 5. The first-order valence-corrected chi connectivity index (χ1v) is 8.49. The molecule has 7 heteroatoms. The molecule has 0 radical (unpaired) electrons. The lowest BCUT2D eigenvalue weighted by atomic mass is 10.1. The van der Waals surface area contributed by atoms with E-state index < -0.39 is 0 Å². The predicted octanol–water partition coefficient (Wildman–Crippen LogP) is 2.00. The Kier molecular flexibility index (Phi) is 5.81. The molecule has 0 aromatic carbocycles. The molecule has 128 valence electrons. The van der Waals surface area contributed by atoms with Crippen LogP contribution in [0.5, 0.6) is 0 Å². The second-order valence-electron chi connectivity index (χ2n) is 6.26. The number of rotatable bonds is 5. The fraction of sp³-hybridized carbons (Fsp3) is 0.688. The molecule has 6 nitrogen and oxygen atoms in total. The maximum absolute atomic E-state index is 12.8. The van der Waals surface area contributed by atoms with Gasteiger partial charge >= 0.3 is 0 Å². The highest BCUT2D eigenvalue weighted by Crippen LogP contribution is 2.24. The Hall–Kier alpha value is -1.40. The molecule has 1 aliphatic heterocycles. The minimum absolute atomic E-state index is 0.109. The third-order valence-corrected chi connectivity index (χ3v) is 4.78. The lowest BCUT2D eigenvalue weighted by molar-refractivity contribution is 0.0775. The van der Waals surface area contributed by atoms with Crippen molar-refractivity contribution in [3.05, 3.63) is 16.9 Å². The van der Waals surface area contributed by atoms with Crippen LogP contribution in [0.25, 0.3) is 0 Å². The van der Waals surface area contributed by atoms with Gasteiger partial charge in [-0.3, -0.25) is 4.79 Å². The molecule has 0 bridgehead atoms. The van der Waals surface area contributed by atoms with E-state index in [9.17, 15) is 4.79 Å². The molecular weight excluding hydrogens is 314 g/mol. The van der Waals surface area contributed by atoms with Gasteiger partial charge in [0.05, 0.1) is 11.2 Å².